The number of aliphatic carboxylic acids is 1. The van der Waals surface area contributed by atoms with Crippen LogP contribution in [-0.4, -0.2) is 29.5 Å². The summed E-state index contributed by atoms with van der Waals surface area (Å²) in [5, 5.41) is 8.58. The van der Waals surface area contributed by atoms with Crippen molar-refractivity contribution in [3.63, 3.8) is 0 Å². The van der Waals surface area contributed by atoms with Crippen molar-refractivity contribution in [2.45, 2.75) is 6.92 Å². The van der Waals surface area contributed by atoms with Crippen molar-refractivity contribution in [2.75, 3.05) is 6.61 Å². The fraction of sp³-hybridized carbons (Fsp3) is 0.105. The molecule has 0 radical (unpaired) electrons. The molecule has 2 aromatic rings. The van der Waals surface area contributed by atoms with Crippen molar-refractivity contribution in [2.24, 2.45) is 4.99 Å². The lowest BCUT2D eigenvalue weighted by atomic mass is 10.1. The number of nitrogens with zero attached hydrogens (tertiary/aromatic N) is 1. The molecule has 0 saturated carbocycles. The van der Waals surface area contributed by atoms with Gasteiger partial charge in [-0.1, -0.05) is 29.8 Å². The number of esters is 1. The first-order chi connectivity index (χ1) is 12.0. The fourth-order valence-corrected chi connectivity index (χ4v) is 2.27. The Hall–Kier alpha value is -3.41. The molecule has 0 aromatic heterocycles. The second kappa shape index (κ2) is 7.00. The predicted octanol–water partition coefficient (Wildman–Crippen LogP) is 2.80. The van der Waals surface area contributed by atoms with Crippen LogP contribution in [0.15, 0.2) is 59.2 Å². The van der Waals surface area contributed by atoms with E-state index in [0.29, 0.717) is 5.75 Å². The van der Waals surface area contributed by atoms with Crippen LogP contribution in [0.1, 0.15) is 16.7 Å². The third-order valence-electron chi connectivity index (χ3n) is 3.43. The zero-order valence-electron chi connectivity index (χ0n) is 13.4. The van der Waals surface area contributed by atoms with Gasteiger partial charge in [0.1, 0.15) is 5.75 Å². The molecule has 6 nitrogen and oxygen atoms in total. The summed E-state index contributed by atoms with van der Waals surface area (Å²) in [7, 11) is 0. The van der Waals surface area contributed by atoms with Gasteiger partial charge in [-0.2, -0.15) is 0 Å². The Morgan fingerprint density at radius 2 is 2.00 bits per heavy atom. The molecule has 2 aromatic carbocycles. The maximum atomic E-state index is 12.0. The highest BCUT2D eigenvalue weighted by Gasteiger charge is 2.24. The molecule has 1 aliphatic rings. The molecule has 1 heterocycles. The largest absolute Gasteiger partial charge is 0.482 e. The van der Waals surface area contributed by atoms with Crippen LogP contribution in [-0.2, 0) is 14.3 Å². The number of carbonyl (C=O) groups is 2. The van der Waals surface area contributed by atoms with Crippen molar-refractivity contribution < 1.29 is 24.2 Å². The topological polar surface area (TPSA) is 85.2 Å². The van der Waals surface area contributed by atoms with Crippen molar-refractivity contribution in [1.29, 1.82) is 0 Å². The van der Waals surface area contributed by atoms with Crippen LogP contribution in [0.25, 0.3) is 6.08 Å². The number of rotatable bonds is 5. The second-order valence-electron chi connectivity index (χ2n) is 5.46. The quantitative estimate of drug-likeness (QED) is 0.670. The van der Waals surface area contributed by atoms with Gasteiger partial charge in [0.2, 0.25) is 5.90 Å². The summed E-state index contributed by atoms with van der Waals surface area (Å²) >= 11 is 0. The van der Waals surface area contributed by atoms with E-state index in [1.54, 1.807) is 30.3 Å². The number of hydrogen-bond donors (Lipinski definition) is 1. The lowest BCUT2D eigenvalue weighted by Crippen LogP contribution is -2.09. The molecule has 0 unspecified atom stereocenters. The number of ether oxygens (including phenoxy) is 2. The van der Waals surface area contributed by atoms with Gasteiger partial charge in [-0.05, 0) is 42.8 Å². The fourth-order valence-electron chi connectivity index (χ4n) is 2.27. The van der Waals surface area contributed by atoms with E-state index in [1.807, 2.05) is 31.2 Å². The van der Waals surface area contributed by atoms with Crippen molar-refractivity contribution in [3.8, 4) is 5.75 Å². The van der Waals surface area contributed by atoms with Gasteiger partial charge in [0.05, 0.1) is 0 Å². The highest BCUT2D eigenvalue weighted by atomic mass is 16.6. The first-order valence-electron chi connectivity index (χ1n) is 7.55. The molecule has 126 valence electrons. The van der Waals surface area contributed by atoms with Crippen molar-refractivity contribution >= 4 is 23.9 Å². The molecule has 6 heteroatoms. The molecular formula is C19H15NO5. The van der Waals surface area contributed by atoms with Gasteiger partial charge in [-0.3, -0.25) is 0 Å². The number of aryl methyl sites for hydroxylation is 1. The number of aliphatic imine (C=N–C) groups is 1. The zero-order chi connectivity index (χ0) is 17.8. The molecule has 0 amide bonds. The zero-order valence-corrected chi connectivity index (χ0v) is 13.4. The van der Waals surface area contributed by atoms with Crippen molar-refractivity contribution in [3.05, 3.63) is 70.9 Å². The van der Waals surface area contributed by atoms with E-state index in [1.165, 1.54) is 0 Å². The van der Waals surface area contributed by atoms with E-state index < -0.39 is 18.5 Å². The van der Waals surface area contributed by atoms with Gasteiger partial charge >= 0.3 is 11.9 Å². The molecule has 0 fully saturated rings. The first-order valence-corrected chi connectivity index (χ1v) is 7.55. The summed E-state index contributed by atoms with van der Waals surface area (Å²) in [6.45, 7) is 1.54. The summed E-state index contributed by atoms with van der Waals surface area (Å²) in [6, 6.07) is 14.2. The van der Waals surface area contributed by atoms with Crippen LogP contribution < -0.4 is 4.74 Å². The summed E-state index contributed by atoms with van der Waals surface area (Å²) in [5.74, 6) is -0.843. The summed E-state index contributed by atoms with van der Waals surface area (Å²) in [5.41, 5.74) is 2.72. The molecule has 1 aliphatic heterocycles. The van der Waals surface area contributed by atoms with E-state index in [9.17, 15) is 9.59 Å². The number of cyclic esters (lactones) is 1. The third kappa shape index (κ3) is 4.11. The third-order valence-corrected chi connectivity index (χ3v) is 3.43. The minimum atomic E-state index is -1.04. The van der Waals surface area contributed by atoms with Gasteiger partial charge in [-0.25, -0.2) is 14.6 Å². The minimum absolute atomic E-state index is 0.204. The van der Waals surface area contributed by atoms with E-state index in [0.717, 1.165) is 16.7 Å². The van der Waals surface area contributed by atoms with Gasteiger partial charge in [0.25, 0.3) is 0 Å². The molecule has 1 N–H and O–H groups in total. The van der Waals surface area contributed by atoms with Crippen LogP contribution in [0.2, 0.25) is 0 Å². The Morgan fingerprint density at radius 3 is 2.68 bits per heavy atom. The SMILES string of the molecule is Cc1cccc(C2=N/C(=C/c3ccc(OCC(=O)O)cc3)C(=O)O2)c1. The summed E-state index contributed by atoms with van der Waals surface area (Å²) < 4.78 is 10.3. The number of carboxylic acid groups (broad SMARTS) is 1. The van der Waals surface area contributed by atoms with Gasteiger partial charge in [-0.15, -0.1) is 0 Å². The van der Waals surface area contributed by atoms with E-state index >= 15 is 0 Å². The van der Waals surface area contributed by atoms with Crippen molar-refractivity contribution in [1.82, 2.24) is 0 Å². The van der Waals surface area contributed by atoms with Crippen LogP contribution in [0.4, 0.5) is 0 Å². The number of carboxylic acids is 1. The molecule has 0 bridgehead atoms. The summed E-state index contributed by atoms with van der Waals surface area (Å²) in [6.07, 6.45) is 1.60. The number of hydrogen-bond acceptors (Lipinski definition) is 5. The molecule has 0 aliphatic carbocycles. The maximum absolute atomic E-state index is 12.0. The van der Waals surface area contributed by atoms with Gasteiger partial charge in [0.15, 0.2) is 12.3 Å². The van der Waals surface area contributed by atoms with Crippen LogP contribution in [0.5, 0.6) is 5.75 Å². The lowest BCUT2D eigenvalue weighted by molar-refractivity contribution is -0.139. The van der Waals surface area contributed by atoms with Gasteiger partial charge in [0, 0.05) is 5.56 Å². The lowest BCUT2D eigenvalue weighted by Gasteiger charge is -2.02. The Morgan fingerprint density at radius 1 is 1.24 bits per heavy atom. The first kappa shape index (κ1) is 16.4. The van der Waals surface area contributed by atoms with Crippen LogP contribution in [0, 0.1) is 6.92 Å². The second-order valence-corrected chi connectivity index (χ2v) is 5.46. The molecule has 3 rings (SSSR count). The average molecular weight is 337 g/mol. The Bertz CT molecular complexity index is 881. The summed E-state index contributed by atoms with van der Waals surface area (Å²) in [4.78, 5) is 26.7. The van der Waals surface area contributed by atoms with E-state index in [-0.39, 0.29) is 11.6 Å². The smallest absolute Gasteiger partial charge is 0.363 e. The Balaban J connectivity index is 1.78. The maximum Gasteiger partial charge on any atom is 0.363 e. The van der Waals surface area contributed by atoms with E-state index in [4.69, 9.17) is 14.6 Å². The molecule has 25 heavy (non-hydrogen) atoms. The predicted molar refractivity (Wildman–Crippen MR) is 91.4 cm³/mol. The van der Waals surface area contributed by atoms with Gasteiger partial charge < -0.3 is 14.6 Å². The standard InChI is InChI=1S/C19H15NO5/c1-12-3-2-4-14(9-12)18-20-16(19(23)25-18)10-13-5-7-15(8-6-13)24-11-17(21)22/h2-10H,11H2,1H3,(H,21,22)/b16-10+. The Kier molecular flexibility index (Phi) is 4.61. The highest BCUT2D eigenvalue weighted by molar-refractivity contribution is 6.12. The molecular weight excluding hydrogens is 322 g/mol. The molecule has 0 saturated heterocycles. The Labute approximate surface area is 144 Å². The van der Waals surface area contributed by atoms with E-state index in [2.05, 4.69) is 4.99 Å². The minimum Gasteiger partial charge on any atom is -0.482 e. The monoisotopic (exact) mass is 337 g/mol. The van der Waals surface area contributed by atoms with Crippen LogP contribution >= 0.6 is 0 Å². The molecule has 0 spiro atoms. The normalized spacial score (nSPS) is 15.0. The number of carbonyl (C=O) groups excluding carboxylic acids is 1. The number of benzene rings is 2. The average Bonchev–Trinajstić information content (AvgIpc) is 2.95. The van der Waals surface area contributed by atoms with Crippen LogP contribution in [0.3, 0.4) is 0 Å². The molecule has 0 atom stereocenters. The highest BCUT2D eigenvalue weighted by Crippen LogP contribution is 2.21.